The van der Waals surface area contributed by atoms with E-state index in [1.165, 1.54) is 11.1 Å². The van der Waals surface area contributed by atoms with Gasteiger partial charge in [0.15, 0.2) is 5.78 Å². The molecule has 0 radical (unpaired) electrons. The van der Waals surface area contributed by atoms with Gasteiger partial charge in [0.2, 0.25) is 5.91 Å². The number of alkyl halides is 1. The van der Waals surface area contributed by atoms with Crippen LogP contribution in [0.5, 0.6) is 0 Å². The topological polar surface area (TPSA) is 63.7 Å². The van der Waals surface area contributed by atoms with Crippen molar-refractivity contribution in [1.82, 2.24) is 4.90 Å². The summed E-state index contributed by atoms with van der Waals surface area (Å²) >= 11 is 5.85. The van der Waals surface area contributed by atoms with Crippen LogP contribution in [0.15, 0.2) is 23.3 Å². The minimum Gasteiger partial charge on any atom is -0.458 e. The van der Waals surface area contributed by atoms with Crippen LogP contribution in [-0.2, 0) is 19.1 Å². The highest BCUT2D eigenvalue weighted by Crippen LogP contribution is 2.68. The predicted octanol–water partition coefficient (Wildman–Crippen LogP) is 5.85. The van der Waals surface area contributed by atoms with Crippen LogP contribution in [0.1, 0.15) is 85.5 Å². The third-order valence-corrected chi connectivity index (χ3v) is 10.5. The molecule has 5 nitrogen and oxygen atoms in total. The molecule has 194 valence electrons. The minimum atomic E-state index is -0.784. The van der Waals surface area contributed by atoms with Gasteiger partial charge in [-0.15, -0.1) is 11.6 Å². The number of hydrogen-bond donors (Lipinski definition) is 0. The van der Waals surface area contributed by atoms with Gasteiger partial charge in [0.1, 0.15) is 5.60 Å². The van der Waals surface area contributed by atoms with Crippen LogP contribution in [0.3, 0.4) is 0 Å². The van der Waals surface area contributed by atoms with Gasteiger partial charge in [-0.2, -0.15) is 0 Å². The van der Waals surface area contributed by atoms with E-state index in [4.69, 9.17) is 16.3 Å². The lowest BCUT2D eigenvalue weighted by molar-refractivity contribution is -0.186. The Morgan fingerprint density at radius 3 is 2.57 bits per heavy atom. The third kappa shape index (κ3) is 4.30. The number of ketones is 1. The van der Waals surface area contributed by atoms with Crippen LogP contribution in [-0.4, -0.2) is 47.6 Å². The second-order valence-corrected chi connectivity index (χ2v) is 12.3. The van der Waals surface area contributed by atoms with Crippen molar-refractivity contribution in [2.24, 2.45) is 28.6 Å². The van der Waals surface area contributed by atoms with Crippen molar-refractivity contribution in [3.63, 3.8) is 0 Å². The lowest BCUT2D eigenvalue weighted by Crippen LogP contribution is -2.56. The zero-order chi connectivity index (χ0) is 25.6. The van der Waals surface area contributed by atoms with Crippen molar-refractivity contribution in [3.8, 4) is 0 Å². The van der Waals surface area contributed by atoms with Crippen molar-refractivity contribution in [3.05, 3.63) is 23.3 Å². The highest BCUT2D eigenvalue weighted by Gasteiger charge is 2.66. The van der Waals surface area contributed by atoms with Crippen molar-refractivity contribution in [2.45, 2.75) is 91.1 Å². The molecule has 0 N–H and O–H groups in total. The van der Waals surface area contributed by atoms with E-state index in [-0.39, 0.29) is 41.3 Å². The normalized spacial score (nSPS) is 38.0. The zero-order valence-corrected chi connectivity index (χ0v) is 22.9. The molecule has 0 spiro atoms. The zero-order valence-electron chi connectivity index (χ0n) is 22.1. The number of fused-ring (bicyclic) bond motifs is 5. The van der Waals surface area contributed by atoms with Crippen LogP contribution >= 0.6 is 11.6 Å². The van der Waals surface area contributed by atoms with Gasteiger partial charge < -0.3 is 9.64 Å². The highest BCUT2D eigenvalue weighted by molar-refractivity contribution is 6.17. The molecule has 1 amide bonds. The largest absolute Gasteiger partial charge is 0.458 e. The first-order valence-electron chi connectivity index (χ1n) is 13.5. The Morgan fingerprint density at radius 2 is 1.89 bits per heavy atom. The third-order valence-electron chi connectivity index (χ3n) is 10.3. The molecular weight excluding hydrogens is 462 g/mol. The number of allylic oxidation sites excluding steroid dienone is 4. The summed E-state index contributed by atoms with van der Waals surface area (Å²) in [5.74, 6) is 1.65. The highest BCUT2D eigenvalue weighted by atomic mass is 35.5. The Kier molecular flexibility index (Phi) is 7.32. The van der Waals surface area contributed by atoms with Gasteiger partial charge in [-0.05, 0) is 87.2 Å². The molecular formula is C29H42ClNO4. The summed E-state index contributed by atoms with van der Waals surface area (Å²) in [6, 6.07) is 0. The number of amides is 1. The van der Waals surface area contributed by atoms with Gasteiger partial charge in [0, 0.05) is 37.7 Å². The fraction of sp³-hybridized carbons (Fsp3) is 0.759. The lowest BCUT2D eigenvalue weighted by atomic mass is 9.47. The molecule has 4 rings (SSSR count). The first-order valence-corrected chi connectivity index (χ1v) is 14.0. The van der Waals surface area contributed by atoms with E-state index in [2.05, 4.69) is 26.8 Å². The maximum atomic E-state index is 13.2. The van der Waals surface area contributed by atoms with Crippen molar-refractivity contribution < 1.29 is 19.1 Å². The van der Waals surface area contributed by atoms with Gasteiger partial charge in [-0.3, -0.25) is 14.4 Å². The molecule has 0 aromatic rings. The molecule has 2 saturated carbocycles. The Labute approximate surface area is 215 Å². The fourth-order valence-corrected chi connectivity index (χ4v) is 8.17. The van der Waals surface area contributed by atoms with Crippen LogP contribution in [0.25, 0.3) is 0 Å². The fourth-order valence-electron chi connectivity index (χ4n) is 8.04. The first-order chi connectivity index (χ1) is 16.5. The monoisotopic (exact) mass is 503 g/mol. The molecule has 4 aliphatic carbocycles. The van der Waals surface area contributed by atoms with Crippen LogP contribution < -0.4 is 0 Å². The average molecular weight is 504 g/mol. The van der Waals surface area contributed by atoms with E-state index >= 15 is 0 Å². The number of ether oxygens (including phenoxy) is 1. The summed E-state index contributed by atoms with van der Waals surface area (Å²) in [5, 5.41) is 0. The summed E-state index contributed by atoms with van der Waals surface area (Å²) in [4.78, 5) is 40.1. The van der Waals surface area contributed by atoms with Gasteiger partial charge >= 0.3 is 5.97 Å². The Balaban J connectivity index is 1.71. The molecule has 35 heavy (non-hydrogen) atoms. The van der Waals surface area contributed by atoms with E-state index in [9.17, 15) is 14.4 Å². The molecule has 6 heteroatoms. The number of rotatable bonds is 7. The summed E-state index contributed by atoms with van der Waals surface area (Å²) < 4.78 is 6.37. The summed E-state index contributed by atoms with van der Waals surface area (Å²) in [5.41, 5.74) is 1.42. The second-order valence-electron chi connectivity index (χ2n) is 11.9. The SMILES string of the molecule is CCN(C)C(=O)C[C@@]1(OC(=O)CCCCl)CCC2C3C=C(C)C4=CC(=O)CC[C@]4(C)C3CC[C@@]21C. The van der Waals surface area contributed by atoms with Crippen LogP contribution in [0.4, 0.5) is 0 Å². The Morgan fingerprint density at radius 1 is 1.17 bits per heavy atom. The quantitative estimate of drug-likeness (QED) is 0.322. The number of carbonyl (C=O) groups is 3. The minimum absolute atomic E-state index is 0.0132. The van der Waals surface area contributed by atoms with Crippen LogP contribution in [0, 0.1) is 28.6 Å². The van der Waals surface area contributed by atoms with Crippen molar-refractivity contribution in [2.75, 3.05) is 19.5 Å². The maximum absolute atomic E-state index is 13.2. The van der Waals surface area contributed by atoms with Gasteiger partial charge in [0.05, 0.1) is 6.42 Å². The van der Waals surface area contributed by atoms with Crippen molar-refractivity contribution in [1.29, 1.82) is 0 Å². The molecule has 0 aromatic carbocycles. The maximum Gasteiger partial charge on any atom is 0.306 e. The van der Waals surface area contributed by atoms with Gasteiger partial charge in [0.25, 0.3) is 0 Å². The summed E-state index contributed by atoms with van der Waals surface area (Å²) in [6.07, 6.45) is 10.6. The molecule has 4 aliphatic rings. The van der Waals surface area contributed by atoms with Gasteiger partial charge in [-0.1, -0.05) is 25.5 Å². The van der Waals surface area contributed by atoms with E-state index < -0.39 is 5.60 Å². The average Bonchev–Trinajstić information content (AvgIpc) is 3.10. The molecule has 0 saturated heterocycles. The standard InChI is InChI=1S/C29H42ClNO4/c1-6-31(5)25(33)18-29(35-26(34)8-7-15-30)14-11-23-21-16-19(2)24-17-20(32)9-12-27(24,3)22(21)10-13-28(23,29)4/h16-17,21-23H,6-15,18H2,1-5H3/t21?,22?,23?,27-,28+,29+/m1/s1. The number of carbonyl (C=O) groups excluding carboxylic acids is 3. The Bertz CT molecular complexity index is 956. The molecule has 0 bridgehead atoms. The second kappa shape index (κ2) is 9.68. The van der Waals surface area contributed by atoms with Gasteiger partial charge in [-0.25, -0.2) is 0 Å². The summed E-state index contributed by atoms with van der Waals surface area (Å²) in [6.45, 7) is 9.39. The smallest absolute Gasteiger partial charge is 0.306 e. The number of esters is 1. The molecule has 6 atom stereocenters. The van der Waals surface area contributed by atoms with E-state index in [0.29, 0.717) is 43.0 Å². The van der Waals surface area contributed by atoms with E-state index in [0.717, 1.165) is 32.1 Å². The van der Waals surface area contributed by atoms with Crippen LogP contribution in [0.2, 0.25) is 0 Å². The van der Waals surface area contributed by atoms with Crippen molar-refractivity contribution >= 4 is 29.3 Å². The molecule has 3 unspecified atom stereocenters. The molecule has 0 aromatic heterocycles. The predicted molar refractivity (Wildman–Crippen MR) is 138 cm³/mol. The van der Waals surface area contributed by atoms with E-state index in [1.54, 1.807) is 4.90 Å². The first kappa shape index (κ1) is 26.4. The molecule has 0 heterocycles. The lowest BCUT2D eigenvalue weighted by Gasteiger charge is -2.58. The number of hydrogen-bond acceptors (Lipinski definition) is 4. The molecule has 0 aliphatic heterocycles. The summed E-state index contributed by atoms with van der Waals surface area (Å²) in [7, 11) is 1.82. The molecule has 2 fully saturated rings. The number of halogens is 1. The number of nitrogens with zero attached hydrogens (tertiary/aromatic N) is 1. The Hall–Kier alpha value is -1.62. The van der Waals surface area contributed by atoms with E-state index in [1.807, 2.05) is 20.0 Å².